The Kier molecular flexibility index (Phi) is 5.43. The Balaban J connectivity index is 2.04. The van der Waals surface area contributed by atoms with Crippen LogP contribution in [0.1, 0.15) is 17.3 Å². The lowest BCUT2D eigenvalue weighted by Crippen LogP contribution is -2.18. The van der Waals surface area contributed by atoms with Gasteiger partial charge in [0.25, 0.3) is 0 Å². The summed E-state index contributed by atoms with van der Waals surface area (Å²) >= 11 is 5.42. The van der Waals surface area contributed by atoms with Crippen molar-refractivity contribution in [2.45, 2.75) is 17.9 Å². The summed E-state index contributed by atoms with van der Waals surface area (Å²) in [4.78, 5) is 5.63. The molecular formula is C15H17BrN2S. The molecule has 1 aromatic heterocycles. The summed E-state index contributed by atoms with van der Waals surface area (Å²) in [5, 5.41) is 3.35. The molecule has 0 saturated heterocycles. The predicted molar refractivity (Wildman–Crippen MR) is 85.6 cm³/mol. The van der Waals surface area contributed by atoms with Crippen molar-refractivity contribution in [3.63, 3.8) is 0 Å². The van der Waals surface area contributed by atoms with E-state index in [0.29, 0.717) is 6.04 Å². The molecule has 1 heterocycles. The van der Waals surface area contributed by atoms with Crippen LogP contribution in [-0.4, -0.2) is 17.8 Å². The van der Waals surface area contributed by atoms with Gasteiger partial charge in [-0.15, -0.1) is 11.8 Å². The highest BCUT2D eigenvalue weighted by Gasteiger charge is 2.11. The summed E-state index contributed by atoms with van der Waals surface area (Å²) < 4.78 is 1.15. The van der Waals surface area contributed by atoms with Crippen LogP contribution in [0.3, 0.4) is 0 Å². The topological polar surface area (TPSA) is 24.9 Å². The molecule has 0 radical (unpaired) electrons. The molecule has 0 aliphatic heterocycles. The lowest BCUT2D eigenvalue weighted by atomic mass is 10.1. The van der Waals surface area contributed by atoms with Crippen LogP contribution in [0, 0.1) is 6.92 Å². The van der Waals surface area contributed by atoms with Crippen LogP contribution in [0.15, 0.2) is 52.0 Å². The van der Waals surface area contributed by atoms with Crippen LogP contribution in [0.4, 0.5) is 0 Å². The molecule has 0 fully saturated rings. The van der Waals surface area contributed by atoms with E-state index in [-0.39, 0.29) is 0 Å². The third-order valence-corrected chi connectivity index (χ3v) is 5.05. The van der Waals surface area contributed by atoms with E-state index in [0.717, 1.165) is 15.9 Å². The fraction of sp³-hybridized carbons (Fsp3) is 0.267. The molecular weight excluding hydrogens is 320 g/mol. The van der Waals surface area contributed by atoms with E-state index < -0.39 is 0 Å². The van der Waals surface area contributed by atoms with Gasteiger partial charge in [0, 0.05) is 33.1 Å². The second-order valence-electron chi connectivity index (χ2n) is 4.32. The standard InChI is InChI=1S/C15H17BrN2S/c1-11-7-8-12(9-18-11)14(17-2)10-19-15-6-4-3-5-13(15)16/h3-9,14,17H,10H2,1-2H3. The van der Waals surface area contributed by atoms with E-state index in [9.17, 15) is 0 Å². The van der Waals surface area contributed by atoms with Crippen molar-refractivity contribution in [1.82, 2.24) is 10.3 Å². The van der Waals surface area contributed by atoms with Gasteiger partial charge in [-0.25, -0.2) is 0 Å². The minimum atomic E-state index is 0.310. The first-order chi connectivity index (χ1) is 9.20. The van der Waals surface area contributed by atoms with Crippen LogP contribution < -0.4 is 5.32 Å². The van der Waals surface area contributed by atoms with E-state index in [4.69, 9.17) is 0 Å². The Hall–Kier alpha value is -0.840. The number of aryl methyl sites for hydroxylation is 1. The molecule has 0 aliphatic carbocycles. The highest BCUT2D eigenvalue weighted by molar-refractivity contribution is 9.10. The van der Waals surface area contributed by atoms with E-state index >= 15 is 0 Å². The molecule has 2 rings (SSSR count). The number of rotatable bonds is 5. The van der Waals surface area contributed by atoms with Gasteiger partial charge >= 0.3 is 0 Å². The van der Waals surface area contributed by atoms with Gasteiger partial charge in [-0.05, 0) is 53.7 Å². The molecule has 19 heavy (non-hydrogen) atoms. The smallest absolute Gasteiger partial charge is 0.0428 e. The summed E-state index contributed by atoms with van der Waals surface area (Å²) in [7, 11) is 1.99. The molecule has 1 unspecified atom stereocenters. The number of pyridine rings is 1. The summed E-state index contributed by atoms with van der Waals surface area (Å²) in [6.07, 6.45) is 1.96. The Bertz CT molecular complexity index is 528. The summed E-state index contributed by atoms with van der Waals surface area (Å²) in [6.45, 7) is 2.01. The fourth-order valence-corrected chi connectivity index (χ4v) is 3.48. The molecule has 0 spiro atoms. The molecule has 2 nitrogen and oxygen atoms in total. The first kappa shape index (κ1) is 14.6. The number of halogens is 1. The maximum absolute atomic E-state index is 4.36. The largest absolute Gasteiger partial charge is 0.312 e. The van der Waals surface area contributed by atoms with Gasteiger partial charge in [0.1, 0.15) is 0 Å². The quantitative estimate of drug-likeness (QED) is 0.828. The van der Waals surface area contributed by atoms with Crippen LogP contribution in [0.25, 0.3) is 0 Å². The maximum Gasteiger partial charge on any atom is 0.0428 e. The zero-order chi connectivity index (χ0) is 13.7. The average molecular weight is 337 g/mol. The van der Waals surface area contributed by atoms with Gasteiger partial charge in [-0.3, -0.25) is 4.98 Å². The molecule has 0 bridgehead atoms. The zero-order valence-electron chi connectivity index (χ0n) is 11.1. The van der Waals surface area contributed by atoms with Gasteiger partial charge in [0.15, 0.2) is 0 Å². The number of nitrogens with zero attached hydrogens (tertiary/aromatic N) is 1. The molecule has 0 saturated carbocycles. The first-order valence-corrected chi connectivity index (χ1v) is 7.95. The molecule has 4 heteroatoms. The minimum absolute atomic E-state index is 0.310. The Morgan fingerprint density at radius 3 is 2.68 bits per heavy atom. The highest BCUT2D eigenvalue weighted by Crippen LogP contribution is 2.30. The second-order valence-corrected chi connectivity index (χ2v) is 6.23. The fourth-order valence-electron chi connectivity index (χ4n) is 1.77. The number of hydrogen-bond donors (Lipinski definition) is 1. The Morgan fingerprint density at radius 1 is 1.26 bits per heavy atom. The van der Waals surface area contributed by atoms with Crippen molar-refractivity contribution in [2.75, 3.05) is 12.8 Å². The van der Waals surface area contributed by atoms with Crippen molar-refractivity contribution in [2.24, 2.45) is 0 Å². The molecule has 100 valence electrons. The van der Waals surface area contributed by atoms with Gasteiger partial charge in [0.2, 0.25) is 0 Å². The number of hydrogen-bond acceptors (Lipinski definition) is 3. The molecule has 1 atom stereocenters. The van der Waals surface area contributed by atoms with Crippen molar-refractivity contribution in [3.05, 3.63) is 58.3 Å². The van der Waals surface area contributed by atoms with E-state index in [1.807, 2.05) is 38.0 Å². The predicted octanol–water partition coefficient (Wildman–Crippen LogP) is 4.21. The van der Waals surface area contributed by atoms with Crippen LogP contribution in [0.5, 0.6) is 0 Å². The molecule has 1 aromatic carbocycles. The highest BCUT2D eigenvalue weighted by atomic mass is 79.9. The number of benzene rings is 1. The van der Waals surface area contributed by atoms with Crippen molar-refractivity contribution < 1.29 is 0 Å². The molecule has 0 amide bonds. The van der Waals surface area contributed by atoms with Gasteiger partial charge in [0.05, 0.1) is 0 Å². The maximum atomic E-state index is 4.36. The van der Waals surface area contributed by atoms with Gasteiger partial charge < -0.3 is 5.32 Å². The summed E-state index contributed by atoms with van der Waals surface area (Å²) in [5.41, 5.74) is 2.28. The summed E-state index contributed by atoms with van der Waals surface area (Å²) in [6, 6.07) is 12.8. The number of nitrogens with one attached hydrogen (secondary N) is 1. The molecule has 2 aromatic rings. The van der Waals surface area contributed by atoms with Crippen molar-refractivity contribution in [3.8, 4) is 0 Å². The van der Waals surface area contributed by atoms with Crippen LogP contribution >= 0.6 is 27.7 Å². The lowest BCUT2D eigenvalue weighted by Gasteiger charge is -2.16. The van der Waals surface area contributed by atoms with Crippen LogP contribution in [0.2, 0.25) is 0 Å². The van der Waals surface area contributed by atoms with Gasteiger partial charge in [-0.1, -0.05) is 18.2 Å². The Labute approximate surface area is 127 Å². The van der Waals surface area contributed by atoms with E-state index in [2.05, 4.69) is 56.6 Å². The second kappa shape index (κ2) is 7.08. The number of aromatic nitrogens is 1. The molecule has 0 aliphatic rings. The SMILES string of the molecule is CNC(CSc1ccccc1Br)c1ccc(C)nc1. The normalized spacial score (nSPS) is 12.4. The van der Waals surface area contributed by atoms with E-state index in [1.165, 1.54) is 10.5 Å². The Morgan fingerprint density at radius 2 is 2.05 bits per heavy atom. The third-order valence-electron chi connectivity index (χ3n) is 2.93. The monoisotopic (exact) mass is 336 g/mol. The average Bonchev–Trinajstić information content (AvgIpc) is 2.43. The van der Waals surface area contributed by atoms with Crippen LogP contribution in [-0.2, 0) is 0 Å². The van der Waals surface area contributed by atoms with Crippen molar-refractivity contribution >= 4 is 27.7 Å². The van der Waals surface area contributed by atoms with E-state index in [1.54, 1.807) is 0 Å². The zero-order valence-corrected chi connectivity index (χ0v) is 13.5. The third kappa shape index (κ3) is 4.06. The first-order valence-electron chi connectivity index (χ1n) is 6.18. The lowest BCUT2D eigenvalue weighted by molar-refractivity contribution is 0.658. The summed E-state index contributed by atoms with van der Waals surface area (Å²) in [5.74, 6) is 0.976. The number of thioether (sulfide) groups is 1. The molecule has 1 N–H and O–H groups in total. The van der Waals surface area contributed by atoms with Gasteiger partial charge in [-0.2, -0.15) is 0 Å². The van der Waals surface area contributed by atoms with Crippen molar-refractivity contribution in [1.29, 1.82) is 0 Å². The minimum Gasteiger partial charge on any atom is -0.312 e.